The first-order valence-electron chi connectivity index (χ1n) is 7.21. The Hall–Kier alpha value is -1.45. The van der Waals surface area contributed by atoms with Crippen molar-refractivity contribution >= 4 is 5.97 Å². The van der Waals surface area contributed by atoms with Gasteiger partial charge in [-0.05, 0) is 37.7 Å². The number of rotatable bonds is 3. The molecule has 0 spiro atoms. The lowest BCUT2D eigenvalue weighted by molar-refractivity contribution is -0.142. The van der Waals surface area contributed by atoms with Crippen molar-refractivity contribution in [1.82, 2.24) is 9.97 Å². The number of fused-ring (bicyclic) bond motifs is 1. The Kier molecular flexibility index (Phi) is 3.25. The molecule has 0 aliphatic heterocycles. The largest absolute Gasteiger partial charge is 0.481 e. The molecule has 1 aromatic heterocycles. The fraction of sp³-hybridized carbons (Fsp3) is 0.667. The Balaban J connectivity index is 1.82. The average Bonchev–Trinajstić information content (AvgIpc) is 2.33. The van der Waals surface area contributed by atoms with E-state index in [1.807, 2.05) is 6.92 Å². The fourth-order valence-corrected chi connectivity index (χ4v) is 3.11. The quantitative estimate of drug-likeness (QED) is 0.906. The highest BCUT2D eigenvalue weighted by Crippen LogP contribution is 2.31. The number of aromatic nitrogens is 2. The monoisotopic (exact) mass is 260 g/mol. The second-order valence-electron chi connectivity index (χ2n) is 5.93. The molecule has 102 valence electrons. The van der Waals surface area contributed by atoms with Crippen LogP contribution in [0.4, 0.5) is 0 Å². The van der Waals surface area contributed by atoms with E-state index in [0.717, 1.165) is 41.5 Å². The number of carboxylic acid groups (broad SMARTS) is 1. The summed E-state index contributed by atoms with van der Waals surface area (Å²) in [4.78, 5) is 20.4. The van der Waals surface area contributed by atoms with Gasteiger partial charge in [-0.25, -0.2) is 9.97 Å². The molecule has 0 saturated heterocycles. The van der Waals surface area contributed by atoms with Crippen molar-refractivity contribution in [2.24, 2.45) is 11.8 Å². The minimum Gasteiger partial charge on any atom is -0.481 e. The standard InChI is InChI=1S/C15H20N2O2/c1-9-12-8-11(15(18)19)5-6-13(12)17-14(16-9)7-10-3-2-4-10/h10-11H,2-8H2,1H3,(H,18,19). The van der Waals surface area contributed by atoms with Gasteiger partial charge in [0.05, 0.1) is 5.92 Å². The van der Waals surface area contributed by atoms with E-state index in [1.54, 1.807) is 0 Å². The number of hydrogen-bond donors (Lipinski definition) is 1. The highest BCUT2D eigenvalue weighted by Gasteiger charge is 2.28. The maximum absolute atomic E-state index is 11.1. The van der Waals surface area contributed by atoms with Gasteiger partial charge in [0.1, 0.15) is 5.82 Å². The van der Waals surface area contributed by atoms with Crippen LogP contribution in [-0.4, -0.2) is 21.0 Å². The lowest BCUT2D eigenvalue weighted by Gasteiger charge is -2.26. The van der Waals surface area contributed by atoms with Crippen LogP contribution >= 0.6 is 0 Å². The van der Waals surface area contributed by atoms with Crippen molar-refractivity contribution in [3.63, 3.8) is 0 Å². The highest BCUT2D eigenvalue weighted by atomic mass is 16.4. The molecule has 1 unspecified atom stereocenters. The zero-order chi connectivity index (χ0) is 13.4. The van der Waals surface area contributed by atoms with Gasteiger partial charge in [0.2, 0.25) is 0 Å². The molecule has 1 aromatic rings. The van der Waals surface area contributed by atoms with Crippen LogP contribution in [0.2, 0.25) is 0 Å². The first kappa shape index (κ1) is 12.6. The van der Waals surface area contributed by atoms with E-state index in [2.05, 4.69) is 9.97 Å². The third-order valence-corrected chi connectivity index (χ3v) is 4.57. The highest BCUT2D eigenvalue weighted by molar-refractivity contribution is 5.71. The summed E-state index contributed by atoms with van der Waals surface area (Å²) in [6.07, 6.45) is 7.04. The second kappa shape index (κ2) is 4.91. The molecule has 1 heterocycles. The molecule has 0 aromatic carbocycles. The smallest absolute Gasteiger partial charge is 0.306 e. The molecular formula is C15H20N2O2. The molecule has 19 heavy (non-hydrogen) atoms. The van der Waals surface area contributed by atoms with Gasteiger partial charge in [-0.3, -0.25) is 4.79 Å². The van der Waals surface area contributed by atoms with Gasteiger partial charge in [-0.1, -0.05) is 19.3 Å². The van der Waals surface area contributed by atoms with Crippen LogP contribution < -0.4 is 0 Å². The van der Waals surface area contributed by atoms with Crippen LogP contribution in [0.1, 0.15) is 48.5 Å². The SMILES string of the molecule is Cc1nc(CC2CCC2)nc2c1CC(C(=O)O)CC2. The third kappa shape index (κ3) is 2.48. The van der Waals surface area contributed by atoms with Crippen molar-refractivity contribution in [1.29, 1.82) is 0 Å². The number of aliphatic carboxylic acids is 1. The fourth-order valence-electron chi connectivity index (χ4n) is 3.11. The van der Waals surface area contributed by atoms with Crippen LogP contribution in [0.5, 0.6) is 0 Å². The van der Waals surface area contributed by atoms with E-state index in [4.69, 9.17) is 5.11 Å². The van der Waals surface area contributed by atoms with E-state index in [0.29, 0.717) is 12.8 Å². The van der Waals surface area contributed by atoms with Gasteiger partial charge in [-0.2, -0.15) is 0 Å². The van der Waals surface area contributed by atoms with Crippen molar-refractivity contribution in [3.8, 4) is 0 Å². The molecule has 4 nitrogen and oxygen atoms in total. The molecule has 1 fully saturated rings. The molecule has 1 N–H and O–H groups in total. The first-order chi connectivity index (χ1) is 9.13. The molecule has 1 saturated carbocycles. The first-order valence-corrected chi connectivity index (χ1v) is 7.21. The second-order valence-corrected chi connectivity index (χ2v) is 5.93. The van der Waals surface area contributed by atoms with Crippen LogP contribution in [-0.2, 0) is 24.1 Å². The number of hydrogen-bond acceptors (Lipinski definition) is 3. The van der Waals surface area contributed by atoms with Crippen LogP contribution in [0.15, 0.2) is 0 Å². The van der Waals surface area contributed by atoms with Crippen molar-refractivity contribution in [2.75, 3.05) is 0 Å². The maximum Gasteiger partial charge on any atom is 0.306 e. The summed E-state index contributed by atoms with van der Waals surface area (Å²) >= 11 is 0. The third-order valence-electron chi connectivity index (χ3n) is 4.57. The van der Waals surface area contributed by atoms with E-state index in [-0.39, 0.29) is 5.92 Å². The zero-order valence-electron chi connectivity index (χ0n) is 11.4. The molecule has 1 atom stereocenters. The van der Waals surface area contributed by atoms with Crippen LogP contribution in [0, 0.1) is 18.8 Å². The number of nitrogens with zero attached hydrogens (tertiary/aromatic N) is 2. The molecule has 0 radical (unpaired) electrons. The van der Waals surface area contributed by atoms with Crippen molar-refractivity contribution in [2.45, 2.75) is 51.9 Å². The van der Waals surface area contributed by atoms with Crippen LogP contribution in [0.3, 0.4) is 0 Å². The average molecular weight is 260 g/mol. The Morgan fingerprint density at radius 3 is 2.74 bits per heavy atom. The summed E-state index contributed by atoms with van der Waals surface area (Å²) in [6, 6.07) is 0. The number of carboxylic acids is 1. The predicted molar refractivity (Wildman–Crippen MR) is 71.0 cm³/mol. The minimum atomic E-state index is -0.691. The predicted octanol–water partition coefficient (Wildman–Crippen LogP) is 2.32. The summed E-state index contributed by atoms with van der Waals surface area (Å²) in [5.41, 5.74) is 3.17. The van der Waals surface area contributed by atoms with Crippen molar-refractivity contribution in [3.05, 3.63) is 22.8 Å². The van der Waals surface area contributed by atoms with Crippen LogP contribution in [0.25, 0.3) is 0 Å². The Labute approximate surface area is 113 Å². The minimum absolute atomic E-state index is 0.257. The molecule has 0 amide bonds. The number of aryl methyl sites for hydroxylation is 2. The van der Waals surface area contributed by atoms with E-state index < -0.39 is 5.97 Å². The molecule has 2 aliphatic rings. The Morgan fingerprint density at radius 1 is 1.32 bits per heavy atom. The molecular weight excluding hydrogens is 240 g/mol. The van der Waals surface area contributed by atoms with Gasteiger partial charge in [-0.15, -0.1) is 0 Å². The summed E-state index contributed by atoms with van der Waals surface area (Å²) in [5.74, 6) is 0.790. The Morgan fingerprint density at radius 2 is 2.11 bits per heavy atom. The van der Waals surface area contributed by atoms with Gasteiger partial charge >= 0.3 is 5.97 Å². The molecule has 3 rings (SSSR count). The summed E-state index contributed by atoms with van der Waals surface area (Å²) in [5, 5.41) is 9.13. The van der Waals surface area contributed by atoms with Gasteiger partial charge in [0.15, 0.2) is 0 Å². The molecule has 0 bridgehead atoms. The van der Waals surface area contributed by atoms with Crippen molar-refractivity contribution < 1.29 is 9.90 Å². The normalized spacial score (nSPS) is 22.7. The maximum atomic E-state index is 11.1. The summed E-state index contributed by atoms with van der Waals surface area (Å²) in [7, 11) is 0. The number of carbonyl (C=O) groups is 1. The summed E-state index contributed by atoms with van der Waals surface area (Å²) < 4.78 is 0. The lowest BCUT2D eigenvalue weighted by Crippen LogP contribution is -2.25. The van der Waals surface area contributed by atoms with Gasteiger partial charge in [0.25, 0.3) is 0 Å². The van der Waals surface area contributed by atoms with Gasteiger partial charge in [0, 0.05) is 17.8 Å². The Bertz CT molecular complexity index is 509. The van der Waals surface area contributed by atoms with E-state index in [1.165, 1.54) is 19.3 Å². The van der Waals surface area contributed by atoms with Gasteiger partial charge < -0.3 is 5.11 Å². The molecule has 2 aliphatic carbocycles. The topological polar surface area (TPSA) is 63.1 Å². The zero-order valence-corrected chi connectivity index (χ0v) is 11.4. The molecule has 4 heteroatoms. The van der Waals surface area contributed by atoms with E-state index in [9.17, 15) is 4.79 Å². The summed E-state index contributed by atoms with van der Waals surface area (Å²) in [6.45, 7) is 2.00. The van der Waals surface area contributed by atoms with E-state index >= 15 is 0 Å². The lowest BCUT2D eigenvalue weighted by atomic mass is 9.82.